The molecular weight excluding hydrogens is 214 g/mol. The van der Waals surface area contributed by atoms with Crippen molar-refractivity contribution in [2.45, 2.75) is 26.0 Å². The predicted molar refractivity (Wildman–Crippen MR) is 67.4 cm³/mol. The van der Waals surface area contributed by atoms with E-state index in [2.05, 4.69) is 12.0 Å². The van der Waals surface area contributed by atoms with Gasteiger partial charge in [0.1, 0.15) is 6.10 Å². The number of nitrogen functional groups attached to an aromatic ring is 1. The van der Waals surface area contributed by atoms with Crippen LogP contribution in [0.15, 0.2) is 36.5 Å². The second-order valence-electron chi connectivity index (χ2n) is 4.05. The van der Waals surface area contributed by atoms with Crippen LogP contribution in [0.3, 0.4) is 0 Å². The minimum absolute atomic E-state index is 0.656. The summed E-state index contributed by atoms with van der Waals surface area (Å²) in [5, 5.41) is 14.5. The van der Waals surface area contributed by atoms with E-state index in [9.17, 15) is 5.11 Å². The molecule has 2 rings (SSSR count). The van der Waals surface area contributed by atoms with E-state index in [4.69, 9.17) is 5.73 Å². The monoisotopic (exact) mass is 231 g/mol. The summed E-state index contributed by atoms with van der Waals surface area (Å²) in [6.45, 7) is 2.89. The summed E-state index contributed by atoms with van der Waals surface area (Å²) in [6.07, 6.45) is 2.02. The Morgan fingerprint density at radius 2 is 2.24 bits per heavy atom. The van der Waals surface area contributed by atoms with Gasteiger partial charge in [0, 0.05) is 18.4 Å². The summed E-state index contributed by atoms with van der Waals surface area (Å²) >= 11 is 0. The number of nitrogens with zero attached hydrogens (tertiary/aromatic N) is 2. The number of hydrogen-bond acceptors (Lipinski definition) is 3. The molecule has 90 valence electrons. The first-order valence-corrected chi connectivity index (χ1v) is 5.77. The van der Waals surface area contributed by atoms with Crippen molar-refractivity contribution in [3.63, 3.8) is 0 Å². The molecule has 1 heterocycles. The van der Waals surface area contributed by atoms with E-state index in [1.807, 2.05) is 22.9 Å². The van der Waals surface area contributed by atoms with Crippen LogP contribution in [0.4, 0.5) is 5.69 Å². The van der Waals surface area contributed by atoms with E-state index in [1.165, 1.54) is 0 Å². The van der Waals surface area contributed by atoms with Crippen LogP contribution in [0.2, 0.25) is 0 Å². The molecule has 4 nitrogen and oxygen atoms in total. The molecule has 1 aromatic heterocycles. The fourth-order valence-electron chi connectivity index (χ4n) is 1.87. The number of aliphatic hydroxyl groups excluding tert-OH is 1. The van der Waals surface area contributed by atoms with E-state index in [0.717, 1.165) is 24.2 Å². The third-order valence-electron chi connectivity index (χ3n) is 2.69. The largest absolute Gasteiger partial charge is 0.399 e. The second kappa shape index (κ2) is 5.01. The zero-order valence-electron chi connectivity index (χ0n) is 9.87. The smallest absolute Gasteiger partial charge is 0.121 e. The van der Waals surface area contributed by atoms with Crippen molar-refractivity contribution in [2.24, 2.45) is 0 Å². The maximum atomic E-state index is 10.3. The number of benzene rings is 1. The summed E-state index contributed by atoms with van der Waals surface area (Å²) in [5.74, 6) is 0. The van der Waals surface area contributed by atoms with Crippen molar-refractivity contribution in [1.82, 2.24) is 9.78 Å². The van der Waals surface area contributed by atoms with Crippen LogP contribution in [0.1, 0.15) is 30.7 Å². The SMILES string of the molecule is CCCn1nccc1C(O)c1cccc(N)c1. The maximum Gasteiger partial charge on any atom is 0.121 e. The van der Waals surface area contributed by atoms with E-state index in [0.29, 0.717) is 5.69 Å². The van der Waals surface area contributed by atoms with Crippen molar-refractivity contribution < 1.29 is 5.11 Å². The Kier molecular flexibility index (Phi) is 3.44. The molecule has 2 aromatic rings. The van der Waals surface area contributed by atoms with Gasteiger partial charge in [-0.1, -0.05) is 19.1 Å². The molecule has 0 saturated heterocycles. The highest BCUT2D eigenvalue weighted by molar-refractivity contribution is 5.42. The summed E-state index contributed by atoms with van der Waals surface area (Å²) in [4.78, 5) is 0. The molecule has 1 atom stereocenters. The third kappa shape index (κ3) is 2.47. The molecule has 17 heavy (non-hydrogen) atoms. The average Bonchev–Trinajstić information content (AvgIpc) is 2.77. The highest BCUT2D eigenvalue weighted by Crippen LogP contribution is 2.23. The summed E-state index contributed by atoms with van der Waals surface area (Å²) in [7, 11) is 0. The Labute approximate surface area is 101 Å². The van der Waals surface area contributed by atoms with Crippen LogP contribution in [0, 0.1) is 0 Å². The van der Waals surface area contributed by atoms with Gasteiger partial charge in [-0.05, 0) is 30.2 Å². The zero-order valence-corrected chi connectivity index (χ0v) is 9.87. The van der Waals surface area contributed by atoms with Crippen molar-refractivity contribution in [2.75, 3.05) is 5.73 Å². The number of anilines is 1. The molecule has 0 fully saturated rings. The molecule has 1 unspecified atom stereocenters. The average molecular weight is 231 g/mol. The van der Waals surface area contributed by atoms with E-state index >= 15 is 0 Å². The Morgan fingerprint density at radius 1 is 1.41 bits per heavy atom. The number of hydrogen-bond donors (Lipinski definition) is 2. The highest BCUT2D eigenvalue weighted by atomic mass is 16.3. The van der Waals surface area contributed by atoms with Gasteiger partial charge in [0.05, 0.1) is 5.69 Å². The number of aromatic nitrogens is 2. The molecule has 4 heteroatoms. The lowest BCUT2D eigenvalue weighted by molar-refractivity contribution is 0.207. The zero-order chi connectivity index (χ0) is 12.3. The lowest BCUT2D eigenvalue weighted by Crippen LogP contribution is -2.10. The van der Waals surface area contributed by atoms with Gasteiger partial charge in [-0.2, -0.15) is 5.10 Å². The lowest BCUT2D eigenvalue weighted by Gasteiger charge is -2.13. The first kappa shape index (κ1) is 11.7. The van der Waals surface area contributed by atoms with E-state index in [1.54, 1.807) is 18.3 Å². The Balaban J connectivity index is 2.30. The molecule has 0 saturated carbocycles. The van der Waals surface area contributed by atoms with Gasteiger partial charge in [-0.15, -0.1) is 0 Å². The van der Waals surface area contributed by atoms with Crippen molar-refractivity contribution >= 4 is 5.69 Å². The van der Waals surface area contributed by atoms with Crippen LogP contribution in [-0.2, 0) is 6.54 Å². The van der Waals surface area contributed by atoms with Gasteiger partial charge in [0.25, 0.3) is 0 Å². The number of nitrogens with two attached hydrogens (primary N) is 1. The maximum absolute atomic E-state index is 10.3. The van der Waals surface area contributed by atoms with Gasteiger partial charge >= 0.3 is 0 Å². The first-order valence-electron chi connectivity index (χ1n) is 5.77. The van der Waals surface area contributed by atoms with Crippen LogP contribution in [-0.4, -0.2) is 14.9 Å². The Hall–Kier alpha value is -1.81. The summed E-state index contributed by atoms with van der Waals surface area (Å²) < 4.78 is 1.83. The van der Waals surface area contributed by atoms with Gasteiger partial charge in [0.15, 0.2) is 0 Å². The molecule has 0 aliphatic rings. The molecule has 0 bridgehead atoms. The third-order valence-corrected chi connectivity index (χ3v) is 2.69. The molecule has 1 aromatic carbocycles. The van der Waals surface area contributed by atoms with E-state index < -0.39 is 6.10 Å². The number of rotatable bonds is 4. The van der Waals surface area contributed by atoms with Crippen LogP contribution in [0.25, 0.3) is 0 Å². The van der Waals surface area contributed by atoms with Gasteiger partial charge in [-0.25, -0.2) is 0 Å². The standard InChI is InChI=1S/C13H17N3O/c1-2-8-16-12(6-7-15-16)13(17)10-4-3-5-11(14)9-10/h3-7,9,13,17H,2,8,14H2,1H3. The van der Waals surface area contributed by atoms with Gasteiger partial charge < -0.3 is 10.8 Å². The van der Waals surface area contributed by atoms with Crippen molar-refractivity contribution in [3.05, 3.63) is 47.8 Å². The summed E-state index contributed by atoms with van der Waals surface area (Å²) in [5.41, 5.74) is 7.97. The molecule has 0 aliphatic heterocycles. The molecule has 0 amide bonds. The Morgan fingerprint density at radius 3 is 2.94 bits per heavy atom. The number of aryl methyl sites for hydroxylation is 1. The fourth-order valence-corrected chi connectivity index (χ4v) is 1.87. The lowest BCUT2D eigenvalue weighted by atomic mass is 10.1. The van der Waals surface area contributed by atoms with Crippen LogP contribution < -0.4 is 5.73 Å². The van der Waals surface area contributed by atoms with Crippen LogP contribution >= 0.6 is 0 Å². The highest BCUT2D eigenvalue weighted by Gasteiger charge is 2.14. The predicted octanol–water partition coefficient (Wildman–Crippen LogP) is 1.96. The molecular formula is C13H17N3O. The molecule has 0 aliphatic carbocycles. The van der Waals surface area contributed by atoms with Crippen molar-refractivity contribution in [3.8, 4) is 0 Å². The van der Waals surface area contributed by atoms with Gasteiger partial charge in [-0.3, -0.25) is 4.68 Å². The first-order chi connectivity index (χ1) is 8.22. The molecule has 3 N–H and O–H groups in total. The van der Waals surface area contributed by atoms with Crippen molar-refractivity contribution in [1.29, 1.82) is 0 Å². The van der Waals surface area contributed by atoms with Crippen LogP contribution in [0.5, 0.6) is 0 Å². The quantitative estimate of drug-likeness (QED) is 0.790. The minimum Gasteiger partial charge on any atom is -0.399 e. The minimum atomic E-state index is -0.674. The normalized spacial score (nSPS) is 12.6. The fraction of sp³-hybridized carbons (Fsp3) is 0.308. The molecule has 0 radical (unpaired) electrons. The Bertz CT molecular complexity index is 493. The van der Waals surface area contributed by atoms with Gasteiger partial charge in [0.2, 0.25) is 0 Å². The summed E-state index contributed by atoms with van der Waals surface area (Å²) in [6, 6.07) is 9.13. The number of aliphatic hydroxyl groups is 1. The molecule has 0 spiro atoms. The van der Waals surface area contributed by atoms with E-state index in [-0.39, 0.29) is 0 Å². The second-order valence-corrected chi connectivity index (χ2v) is 4.05. The topological polar surface area (TPSA) is 64.1 Å².